The van der Waals surface area contributed by atoms with Crippen molar-refractivity contribution in [3.05, 3.63) is 233 Å². The van der Waals surface area contributed by atoms with Gasteiger partial charge in [0.15, 0.2) is 0 Å². The molecular weight excluding hydrogens is 1580 g/mol. The molecule has 9 rings (SSSR count). The fraction of sp³-hybridized carbons (Fsp3) is 0.219. The number of rotatable bonds is 5. The van der Waals surface area contributed by atoms with Crippen molar-refractivity contribution in [2.75, 3.05) is 0 Å². The summed E-state index contributed by atoms with van der Waals surface area (Å²) in [5.74, 6) is -0.0608. The molecule has 16 nitrogen and oxygen atoms in total. The Bertz CT molecular complexity index is 3830. The number of halogens is 10. The van der Waals surface area contributed by atoms with Gasteiger partial charge < -0.3 is 26.3 Å². The largest absolute Gasteiger partial charge is 0.495 e. The van der Waals surface area contributed by atoms with Gasteiger partial charge in [0, 0.05) is 68.1 Å². The Morgan fingerprint density at radius 1 is 0.533 bits per heavy atom. The number of aromatic nitrogens is 4. The van der Waals surface area contributed by atoms with E-state index in [9.17, 15) is 14.4 Å². The molecule has 3 heterocycles. The summed E-state index contributed by atoms with van der Waals surface area (Å²) < 4.78 is 24.7. The van der Waals surface area contributed by atoms with Gasteiger partial charge in [-0.25, -0.2) is 28.9 Å². The van der Waals surface area contributed by atoms with Crippen molar-refractivity contribution in [2.24, 2.45) is 5.73 Å². The molecule has 0 spiro atoms. The monoisotopic (exact) mass is 1640 g/mol. The number of benzene rings is 6. The van der Waals surface area contributed by atoms with Crippen LogP contribution in [-0.4, -0.2) is 64.7 Å². The predicted octanol–water partition coefficient (Wildman–Crippen LogP) is 18.8. The van der Waals surface area contributed by atoms with E-state index in [1.165, 1.54) is 6.07 Å². The third-order valence-electron chi connectivity index (χ3n) is 13.2. The number of hydrogen-bond acceptors (Lipinski definition) is 14. The van der Waals surface area contributed by atoms with Crippen LogP contribution in [0.25, 0.3) is 11.3 Å². The van der Waals surface area contributed by atoms with E-state index in [2.05, 4.69) is 123 Å². The van der Waals surface area contributed by atoms with Gasteiger partial charge in [0.2, 0.25) is 15.1 Å². The Morgan fingerprint density at radius 2 is 0.870 bits per heavy atom. The third-order valence-corrected chi connectivity index (χ3v) is 17.4. The Morgan fingerprint density at radius 3 is 1.23 bits per heavy atom. The van der Waals surface area contributed by atoms with Crippen LogP contribution in [-0.2, 0) is 18.5 Å². The zero-order valence-electron chi connectivity index (χ0n) is 51.6. The highest BCUT2D eigenvalue weighted by molar-refractivity contribution is 9.11. The number of nitrogens with two attached hydrogens (primary N) is 1. The number of carboxylic acids is 1. The van der Waals surface area contributed by atoms with Crippen LogP contribution >= 0.6 is 131 Å². The zero-order valence-corrected chi connectivity index (χ0v) is 63.3. The van der Waals surface area contributed by atoms with Crippen molar-refractivity contribution in [3.8, 4) is 29.5 Å². The number of nitriles is 3. The van der Waals surface area contributed by atoms with E-state index in [4.69, 9.17) is 86.5 Å². The Hall–Kier alpha value is -5.69. The summed E-state index contributed by atoms with van der Waals surface area (Å²) in [5.41, 5.74) is 15.9. The van der Waals surface area contributed by atoms with Crippen LogP contribution in [0.3, 0.4) is 0 Å². The number of primary amides is 1. The van der Waals surface area contributed by atoms with Crippen molar-refractivity contribution in [3.63, 3.8) is 0 Å². The van der Waals surface area contributed by atoms with Crippen molar-refractivity contribution in [2.45, 2.75) is 94.3 Å². The molecule has 92 heavy (non-hydrogen) atoms. The van der Waals surface area contributed by atoms with Crippen molar-refractivity contribution in [1.82, 2.24) is 26.1 Å². The number of nitrogens with zero attached hydrogens (tertiary/aromatic N) is 7. The average Bonchev–Trinajstić information content (AvgIpc) is 1.72. The molecule has 1 fully saturated rings. The zero-order chi connectivity index (χ0) is 69.2. The number of carbonyl (C=O) groups is 3. The van der Waals surface area contributed by atoms with E-state index in [1.807, 2.05) is 123 Å². The minimum atomic E-state index is -1.67. The molecule has 1 aliphatic rings. The molecule has 0 aliphatic carbocycles. The highest BCUT2D eigenvalue weighted by Gasteiger charge is 2.52. The maximum absolute atomic E-state index is 10.8. The molecule has 8 aromatic rings. The molecule has 6 N–H and O–H groups in total. The van der Waals surface area contributed by atoms with Gasteiger partial charge in [-0.05, 0) is 194 Å². The van der Waals surface area contributed by atoms with Crippen LogP contribution in [0, 0.1) is 89.4 Å². The van der Waals surface area contributed by atoms with Gasteiger partial charge in [-0.1, -0.05) is 147 Å². The Balaban J connectivity index is 0.000000538. The van der Waals surface area contributed by atoms with E-state index in [-0.39, 0.29) is 23.3 Å². The lowest BCUT2D eigenvalue weighted by Crippen LogP contribution is -2.41. The second-order valence-electron chi connectivity index (χ2n) is 19.9. The molecule has 1 saturated heterocycles. The summed E-state index contributed by atoms with van der Waals surface area (Å²) in [4.78, 5) is 48.1. The Labute approximate surface area is 602 Å². The van der Waals surface area contributed by atoms with Gasteiger partial charge in [-0.3, -0.25) is 9.59 Å². The minimum absolute atomic E-state index is 0. The lowest BCUT2D eigenvalue weighted by molar-refractivity contribution is 0.00578. The van der Waals surface area contributed by atoms with Crippen LogP contribution in [0.2, 0.25) is 15.5 Å². The van der Waals surface area contributed by atoms with Gasteiger partial charge in [0.25, 0.3) is 5.24 Å². The number of aryl methyl sites for hydroxylation is 2. The quantitative estimate of drug-likeness (QED) is 0.0820. The average molecular weight is 1640 g/mol. The summed E-state index contributed by atoms with van der Waals surface area (Å²) in [5, 5.41) is 36.1. The standard InChI is InChI=1S/C14H18BNO2.C13H10ClN3.C8H6BrClO.C8H8BrNO.C8H6BrN.C8H7BrO2.C5H4Cl2N2.Cl2OS.H3N/c1-10-11(9-16)7-6-8-12(10)15-17-13(2,3)14(4,5)18-15;1-8-10(7-15)4-3-5-11(8)12-6-13(14)17-9(2)16-12;2*1-5-6(8(10)11)3-2-4-7(5)9;1-6-7(5-10)3-2-4-8(6)9;1-5-6(8(10)11)3-2-4-7(5)9;1-3-8-4(6)2-5(7)9-3;1-4(2)3;/h6-8H,1-5H3;3-6H,1-2H3;2-4H,1H3;2-4H,1H3,(H2,10,11);2-4H,1H3;2-4H,1H3,(H,10,11);2H,1H3;;1H3. The van der Waals surface area contributed by atoms with Gasteiger partial charge >= 0.3 is 13.1 Å². The van der Waals surface area contributed by atoms with Crippen molar-refractivity contribution >= 4 is 170 Å². The SMILES string of the molecule is Cc1c(Br)cccc1C#N.Cc1c(Br)cccc1C(=O)Cl.Cc1c(Br)cccc1C(=O)O.Cc1c(Br)cccc1C(N)=O.Cc1c(C#N)cccc1B1OC(C)(C)C(C)(C)O1.Cc1nc(Cl)cc(-c2cccc(C#N)c2C)n1.Cc1nc(Cl)cc(Cl)n1.N.O=S(Cl)Cl. The molecule has 1 amide bonds. The number of carboxylic acid groups (broad SMARTS) is 1. The fourth-order valence-electron chi connectivity index (χ4n) is 7.46. The lowest BCUT2D eigenvalue weighted by atomic mass is 9.75. The first-order valence-corrected chi connectivity index (χ1v) is 33.8. The van der Waals surface area contributed by atoms with E-state index >= 15 is 0 Å². The van der Waals surface area contributed by atoms with Gasteiger partial charge in [-0.2, -0.15) is 15.8 Å². The smallest absolute Gasteiger partial charge is 0.478 e. The van der Waals surface area contributed by atoms with E-state index < -0.39 is 27.6 Å². The van der Waals surface area contributed by atoms with Crippen LogP contribution in [0.1, 0.15) is 120 Å². The summed E-state index contributed by atoms with van der Waals surface area (Å²) in [6, 6.07) is 42.3. The normalized spacial score (nSPS) is 11.7. The first kappa shape index (κ1) is 84.3. The molecular formula is C64H62BBr4Cl6N9O7S. The van der Waals surface area contributed by atoms with Crippen LogP contribution in [0.5, 0.6) is 0 Å². The van der Waals surface area contributed by atoms with Gasteiger partial charge in [0.05, 0.1) is 57.4 Å². The second-order valence-corrected chi connectivity index (χ2v) is 27.3. The van der Waals surface area contributed by atoms with Gasteiger partial charge in [0.1, 0.15) is 27.1 Å². The van der Waals surface area contributed by atoms with Gasteiger partial charge in [-0.15, -0.1) is 0 Å². The van der Waals surface area contributed by atoms with Crippen molar-refractivity contribution < 1.29 is 33.0 Å². The number of amides is 1. The molecule has 28 heteroatoms. The topological polar surface area (TPSA) is 291 Å². The highest BCUT2D eigenvalue weighted by atomic mass is 79.9. The second kappa shape index (κ2) is 40.5. The highest BCUT2D eigenvalue weighted by Crippen LogP contribution is 2.37. The Kier molecular flexibility index (Phi) is 37.2. The first-order valence-electron chi connectivity index (χ1n) is 26.4. The molecule has 0 saturated carbocycles. The molecule has 0 unspecified atom stereocenters. The summed E-state index contributed by atoms with van der Waals surface area (Å²) in [7, 11) is 6.96. The number of hydrogen-bond donors (Lipinski definition) is 3. The number of carbonyl (C=O) groups excluding carboxylic acids is 2. The third kappa shape index (κ3) is 27.0. The molecule has 0 atom stereocenters. The maximum atomic E-state index is 10.8. The first-order chi connectivity index (χ1) is 42.4. The summed E-state index contributed by atoms with van der Waals surface area (Å²) >= 11 is 35.5. The predicted molar refractivity (Wildman–Crippen MR) is 386 cm³/mol. The number of aromatic carboxylic acids is 1. The molecule has 0 bridgehead atoms. The van der Waals surface area contributed by atoms with Crippen LogP contribution in [0.15, 0.2) is 139 Å². The van der Waals surface area contributed by atoms with E-state index in [0.29, 0.717) is 54.9 Å². The lowest BCUT2D eigenvalue weighted by Gasteiger charge is -2.32. The molecule has 0 radical (unpaired) electrons. The molecule has 2 aromatic heterocycles. The van der Waals surface area contributed by atoms with Crippen LogP contribution < -0.4 is 17.3 Å². The maximum Gasteiger partial charge on any atom is 0.495 e. The van der Waals surface area contributed by atoms with Crippen LogP contribution in [0.4, 0.5) is 0 Å². The summed E-state index contributed by atoms with van der Waals surface area (Å²) in [6.45, 7) is 22.8. The summed E-state index contributed by atoms with van der Waals surface area (Å²) in [6.07, 6.45) is 0. The minimum Gasteiger partial charge on any atom is -0.478 e. The fourth-order valence-corrected chi connectivity index (χ4v) is 9.87. The molecule has 6 aromatic carbocycles. The van der Waals surface area contributed by atoms with E-state index in [1.54, 1.807) is 75.4 Å². The molecule has 484 valence electrons. The molecule has 1 aliphatic heterocycles. The van der Waals surface area contributed by atoms with Crippen molar-refractivity contribution in [1.29, 1.82) is 15.8 Å². The van der Waals surface area contributed by atoms with E-state index in [0.717, 1.165) is 73.6 Å².